The van der Waals surface area contributed by atoms with Crippen molar-refractivity contribution in [2.75, 3.05) is 0 Å². The number of carbonyl (C=O) groups is 3. The van der Waals surface area contributed by atoms with Gasteiger partial charge in [-0.15, -0.1) is 0 Å². The number of esters is 1. The second-order valence-electron chi connectivity index (χ2n) is 7.13. The summed E-state index contributed by atoms with van der Waals surface area (Å²) in [5, 5.41) is 21.8. The first-order chi connectivity index (χ1) is 14.2. The molecule has 0 unspecified atom stereocenters. The minimum absolute atomic E-state index is 0.223. The molecule has 1 amide bonds. The zero-order valence-corrected chi connectivity index (χ0v) is 17.4. The van der Waals surface area contributed by atoms with Gasteiger partial charge >= 0.3 is 17.8 Å². The predicted molar refractivity (Wildman–Crippen MR) is 112 cm³/mol. The molecule has 0 saturated heterocycles. The van der Waals surface area contributed by atoms with Crippen molar-refractivity contribution in [3.63, 3.8) is 0 Å². The lowest BCUT2D eigenvalue weighted by molar-refractivity contribution is -0.158. The summed E-state index contributed by atoms with van der Waals surface area (Å²) in [6, 6.07) is 14.0. The molecule has 0 aliphatic heterocycles. The highest BCUT2D eigenvalue weighted by molar-refractivity contribution is 6.32. The second-order valence-corrected chi connectivity index (χ2v) is 7.56. The molecule has 0 fully saturated rings. The smallest absolute Gasteiger partial charge is 0.397 e. The fourth-order valence-corrected chi connectivity index (χ4v) is 3.05. The van der Waals surface area contributed by atoms with E-state index in [-0.39, 0.29) is 12.8 Å². The molecule has 0 heterocycles. The number of carbonyl (C=O) groups excluding carboxylic acids is 2. The first-order valence-electron chi connectivity index (χ1n) is 9.43. The Kier molecular flexibility index (Phi) is 8.38. The monoisotopic (exact) mass is 433 g/mol. The zero-order chi connectivity index (χ0) is 22.3. The number of ether oxygens (including phenoxy) is 1. The van der Waals surface area contributed by atoms with E-state index in [1.807, 2.05) is 42.5 Å². The van der Waals surface area contributed by atoms with E-state index in [0.717, 1.165) is 16.7 Å². The van der Waals surface area contributed by atoms with Gasteiger partial charge in [0.25, 0.3) is 0 Å². The highest BCUT2D eigenvalue weighted by atomic mass is 35.5. The third-order valence-corrected chi connectivity index (χ3v) is 4.49. The molecule has 7 nitrogen and oxygen atoms in total. The van der Waals surface area contributed by atoms with Gasteiger partial charge in [-0.05, 0) is 49.1 Å². The predicted octanol–water partition coefficient (Wildman–Crippen LogP) is 2.82. The fraction of sp³-hybridized carbons (Fsp3) is 0.318. The molecule has 30 heavy (non-hydrogen) atoms. The van der Waals surface area contributed by atoms with Crippen molar-refractivity contribution in [3.05, 3.63) is 59.1 Å². The molecule has 0 saturated carbocycles. The average Bonchev–Trinajstić information content (AvgIpc) is 2.67. The Bertz CT molecular complexity index is 897. The van der Waals surface area contributed by atoms with Crippen molar-refractivity contribution >= 4 is 29.4 Å². The van der Waals surface area contributed by atoms with Gasteiger partial charge in [0.15, 0.2) is 6.10 Å². The Hall–Kier alpha value is -2.90. The van der Waals surface area contributed by atoms with Gasteiger partial charge in [0.05, 0.1) is 6.10 Å². The topological polar surface area (TPSA) is 113 Å². The number of nitrogens with one attached hydrogen (secondary N) is 1. The van der Waals surface area contributed by atoms with E-state index in [0.29, 0.717) is 5.02 Å². The summed E-state index contributed by atoms with van der Waals surface area (Å²) in [7, 11) is 0. The van der Waals surface area contributed by atoms with Crippen LogP contribution in [0.15, 0.2) is 48.5 Å². The number of aliphatic hydroxyl groups is 1. The van der Waals surface area contributed by atoms with E-state index >= 15 is 0 Å². The first-order valence-corrected chi connectivity index (χ1v) is 9.80. The zero-order valence-electron chi connectivity index (χ0n) is 16.7. The van der Waals surface area contributed by atoms with Gasteiger partial charge in [-0.3, -0.25) is 4.79 Å². The largest absolute Gasteiger partial charge is 0.479 e. The molecule has 2 rings (SSSR count). The third-order valence-electron chi connectivity index (χ3n) is 4.25. The van der Waals surface area contributed by atoms with Crippen molar-refractivity contribution in [2.45, 2.75) is 44.9 Å². The Morgan fingerprint density at radius 3 is 2.30 bits per heavy atom. The lowest BCUT2D eigenvalue weighted by atomic mass is 9.98. The summed E-state index contributed by atoms with van der Waals surface area (Å²) in [6.07, 6.45) is -2.18. The van der Waals surface area contributed by atoms with E-state index in [1.54, 1.807) is 19.9 Å². The van der Waals surface area contributed by atoms with Crippen LogP contribution in [0.1, 0.15) is 25.8 Å². The van der Waals surface area contributed by atoms with Crippen LogP contribution in [0.2, 0.25) is 5.02 Å². The molecule has 2 aromatic carbocycles. The molecule has 0 aromatic heterocycles. The van der Waals surface area contributed by atoms with E-state index in [9.17, 15) is 19.5 Å². The van der Waals surface area contributed by atoms with Crippen LogP contribution >= 0.6 is 11.6 Å². The molecule has 0 aliphatic carbocycles. The highest BCUT2D eigenvalue weighted by Gasteiger charge is 2.25. The minimum Gasteiger partial charge on any atom is -0.479 e. The number of carboxylic acids is 1. The van der Waals surface area contributed by atoms with E-state index < -0.39 is 36.1 Å². The quantitative estimate of drug-likeness (QED) is 0.436. The first kappa shape index (κ1) is 23.4. The maximum absolute atomic E-state index is 12.1. The highest BCUT2D eigenvalue weighted by Crippen LogP contribution is 2.23. The maximum atomic E-state index is 12.1. The normalized spacial score (nSPS) is 12.8. The van der Waals surface area contributed by atoms with Gasteiger partial charge in [0.1, 0.15) is 0 Å². The minimum atomic E-state index is -1.68. The van der Waals surface area contributed by atoms with E-state index in [1.165, 1.54) is 0 Å². The van der Waals surface area contributed by atoms with Crippen molar-refractivity contribution in [1.82, 2.24) is 5.32 Å². The number of halogens is 1. The van der Waals surface area contributed by atoms with Crippen LogP contribution in [0, 0.1) is 0 Å². The lowest BCUT2D eigenvalue weighted by Gasteiger charge is -2.20. The number of benzene rings is 2. The average molecular weight is 434 g/mol. The Balaban J connectivity index is 2.13. The Labute approximate surface area is 179 Å². The van der Waals surface area contributed by atoms with Crippen LogP contribution in [0.4, 0.5) is 0 Å². The van der Waals surface area contributed by atoms with E-state index in [4.69, 9.17) is 21.4 Å². The van der Waals surface area contributed by atoms with Crippen molar-refractivity contribution in [2.24, 2.45) is 0 Å². The molecule has 0 bridgehead atoms. The number of rotatable bonds is 8. The van der Waals surface area contributed by atoms with Crippen LogP contribution in [0.25, 0.3) is 11.1 Å². The van der Waals surface area contributed by atoms with Crippen molar-refractivity contribution in [1.29, 1.82) is 0 Å². The summed E-state index contributed by atoms with van der Waals surface area (Å²) in [5.74, 6) is -3.45. The second kappa shape index (κ2) is 10.8. The summed E-state index contributed by atoms with van der Waals surface area (Å²) in [6.45, 7) is 3.22. The molecule has 3 N–H and O–H groups in total. The number of hydrogen-bond acceptors (Lipinski definition) is 5. The Morgan fingerprint density at radius 1 is 1.07 bits per heavy atom. The molecule has 0 spiro atoms. The molecule has 8 heteroatoms. The number of aliphatic hydroxyl groups excluding tert-OH is 1. The van der Waals surface area contributed by atoms with Gasteiger partial charge in [-0.25, -0.2) is 9.59 Å². The van der Waals surface area contributed by atoms with Crippen LogP contribution in [0.5, 0.6) is 0 Å². The fourth-order valence-electron chi connectivity index (χ4n) is 2.86. The molecule has 2 aromatic rings. The SMILES string of the molecule is CC(C)OC(=O)C(=O)N[C@H](Cc1ccc(-c2cccc(Cl)c2)cc1)C[C@@H](O)C(=O)O. The summed E-state index contributed by atoms with van der Waals surface area (Å²) >= 11 is 6.02. The number of carboxylic acid groups (broad SMARTS) is 1. The molecule has 0 aliphatic rings. The van der Waals surface area contributed by atoms with Gasteiger partial charge in [0.2, 0.25) is 0 Å². The Morgan fingerprint density at radius 2 is 1.73 bits per heavy atom. The van der Waals surface area contributed by atoms with Crippen molar-refractivity contribution < 1.29 is 29.3 Å². The molecule has 160 valence electrons. The van der Waals surface area contributed by atoms with Crippen molar-refractivity contribution in [3.8, 4) is 11.1 Å². The number of hydrogen-bond donors (Lipinski definition) is 3. The summed E-state index contributed by atoms with van der Waals surface area (Å²) in [5.41, 5.74) is 2.67. The molecule has 2 atom stereocenters. The van der Waals surface area contributed by atoms with Crippen LogP contribution in [-0.2, 0) is 25.5 Å². The molecule has 0 radical (unpaired) electrons. The molecular formula is C22H24ClNO6. The summed E-state index contributed by atoms with van der Waals surface area (Å²) in [4.78, 5) is 34.9. The molecular weight excluding hydrogens is 410 g/mol. The van der Waals surface area contributed by atoms with Crippen LogP contribution in [-0.4, -0.2) is 46.3 Å². The third kappa shape index (κ3) is 7.17. The maximum Gasteiger partial charge on any atom is 0.397 e. The van der Waals surface area contributed by atoms with Gasteiger partial charge in [-0.2, -0.15) is 0 Å². The standard InChI is InChI=1S/C22H24ClNO6/c1-13(2)30-22(29)20(26)24-18(12-19(25)21(27)28)10-14-6-8-15(9-7-14)16-4-3-5-17(23)11-16/h3-9,11,13,18-19,25H,10,12H2,1-2H3,(H,24,26)(H,27,28)/t18-,19-/m1/s1. The van der Waals surface area contributed by atoms with Gasteiger partial charge in [-0.1, -0.05) is 48.0 Å². The van der Waals surface area contributed by atoms with Crippen LogP contribution in [0.3, 0.4) is 0 Å². The number of aliphatic carboxylic acids is 1. The van der Waals surface area contributed by atoms with Gasteiger partial charge in [0, 0.05) is 17.5 Å². The summed E-state index contributed by atoms with van der Waals surface area (Å²) < 4.78 is 4.85. The van der Waals surface area contributed by atoms with Crippen LogP contribution < -0.4 is 5.32 Å². The number of amides is 1. The van der Waals surface area contributed by atoms with Gasteiger partial charge < -0.3 is 20.3 Å². The van der Waals surface area contributed by atoms with E-state index in [2.05, 4.69) is 5.32 Å². The lowest BCUT2D eigenvalue weighted by Crippen LogP contribution is -2.44.